The Balaban J connectivity index is 0.00000192. The lowest BCUT2D eigenvalue weighted by molar-refractivity contribution is 0.0607. The Morgan fingerprint density at radius 3 is 2.22 bits per heavy atom. The number of piperidine rings is 1. The Bertz CT molecular complexity index is 555. The van der Waals surface area contributed by atoms with Crippen molar-refractivity contribution in [1.29, 1.82) is 0 Å². The molecule has 0 aromatic heterocycles. The maximum absolute atomic E-state index is 12.6. The van der Waals surface area contributed by atoms with Crippen LogP contribution in [0.25, 0.3) is 0 Å². The summed E-state index contributed by atoms with van der Waals surface area (Å²) in [7, 11) is 0. The van der Waals surface area contributed by atoms with Crippen LogP contribution in [0, 0.1) is 5.41 Å². The minimum atomic E-state index is 0. The van der Waals surface area contributed by atoms with Gasteiger partial charge in [-0.1, -0.05) is 19.1 Å². The van der Waals surface area contributed by atoms with Gasteiger partial charge in [0.05, 0.1) is 0 Å². The van der Waals surface area contributed by atoms with Gasteiger partial charge in [-0.15, -0.1) is 12.4 Å². The number of Topliss-reactive ketones (excluding diaryl/α,β-unsaturated/α-hetero) is 1. The van der Waals surface area contributed by atoms with Crippen molar-refractivity contribution in [1.82, 2.24) is 10.2 Å². The van der Waals surface area contributed by atoms with Crippen LogP contribution in [0.2, 0.25) is 0 Å². The zero-order valence-corrected chi connectivity index (χ0v) is 14.5. The molecule has 1 aromatic carbocycles. The minimum absolute atomic E-state index is 0. The maximum Gasteiger partial charge on any atom is 0.253 e. The summed E-state index contributed by atoms with van der Waals surface area (Å²) in [5, 5.41) is 3.45. The van der Waals surface area contributed by atoms with Crippen LogP contribution in [0.1, 0.15) is 53.3 Å². The first-order chi connectivity index (χ1) is 10.6. The maximum atomic E-state index is 12.6. The van der Waals surface area contributed by atoms with Crippen molar-refractivity contribution in [2.75, 3.05) is 26.2 Å². The van der Waals surface area contributed by atoms with E-state index in [9.17, 15) is 9.59 Å². The standard InChI is InChI=1S/C18H24N2O2.ClH/c1-2-16(21)14-3-5-15(6-4-14)17(22)20-11-8-18(9-12-20)7-10-19-13-18;/h3-6,19H,2,7-13H2,1H3;1H. The summed E-state index contributed by atoms with van der Waals surface area (Å²) in [6.45, 7) is 5.75. The largest absolute Gasteiger partial charge is 0.339 e. The van der Waals surface area contributed by atoms with Crippen LogP contribution in [-0.2, 0) is 0 Å². The highest BCUT2D eigenvalue weighted by Gasteiger charge is 2.38. The van der Waals surface area contributed by atoms with Crippen molar-refractivity contribution in [3.05, 3.63) is 35.4 Å². The Kier molecular flexibility index (Phi) is 5.82. The van der Waals surface area contributed by atoms with Crippen LogP contribution in [0.15, 0.2) is 24.3 Å². The van der Waals surface area contributed by atoms with E-state index >= 15 is 0 Å². The van der Waals surface area contributed by atoms with Gasteiger partial charge in [0, 0.05) is 37.2 Å². The number of likely N-dealkylation sites (tertiary alicyclic amines) is 1. The lowest BCUT2D eigenvalue weighted by atomic mass is 9.78. The number of nitrogens with one attached hydrogen (secondary N) is 1. The van der Waals surface area contributed by atoms with Crippen LogP contribution < -0.4 is 5.32 Å². The van der Waals surface area contributed by atoms with E-state index in [4.69, 9.17) is 0 Å². The molecule has 0 saturated carbocycles. The van der Waals surface area contributed by atoms with Gasteiger partial charge in [0.2, 0.25) is 0 Å². The number of benzene rings is 1. The average Bonchev–Trinajstić information content (AvgIpc) is 3.02. The summed E-state index contributed by atoms with van der Waals surface area (Å²) in [5.74, 6) is 0.212. The van der Waals surface area contributed by atoms with E-state index in [-0.39, 0.29) is 24.1 Å². The predicted octanol–water partition coefficient (Wildman–Crippen LogP) is 2.92. The van der Waals surface area contributed by atoms with Crippen LogP contribution in [0.4, 0.5) is 0 Å². The Morgan fingerprint density at radius 1 is 1.09 bits per heavy atom. The SMILES string of the molecule is CCC(=O)c1ccc(C(=O)N2CCC3(CCNC3)CC2)cc1.Cl. The van der Waals surface area contributed by atoms with Crippen LogP contribution in [-0.4, -0.2) is 42.8 Å². The normalized spacial score (nSPS) is 19.4. The Morgan fingerprint density at radius 2 is 1.70 bits per heavy atom. The molecule has 0 aliphatic carbocycles. The molecule has 0 radical (unpaired) electrons. The van der Waals surface area contributed by atoms with Gasteiger partial charge in [0.25, 0.3) is 5.91 Å². The van der Waals surface area contributed by atoms with Crippen LogP contribution in [0.5, 0.6) is 0 Å². The first-order valence-electron chi connectivity index (χ1n) is 8.27. The molecule has 0 atom stereocenters. The molecule has 0 unspecified atom stereocenters. The van der Waals surface area contributed by atoms with Crippen molar-refractivity contribution in [2.45, 2.75) is 32.6 Å². The fourth-order valence-electron chi connectivity index (χ4n) is 3.59. The van der Waals surface area contributed by atoms with E-state index in [1.54, 1.807) is 24.3 Å². The number of hydrogen-bond donors (Lipinski definition) is 1. The topological polar surface area (TPSA) is 49.4 Å². The van der Waals surface area contributed by atoms with Crippen molar-refractivity contribution in [2.24, 2.45) is 5.41 Å². The highest BCUT2D eigenvalue weighted by atomic mass is 35.5. The van der Waals surface area contributed by atoms with Gasteiger partial charge in [-0.05, 0) is 43.4 Å². The number of carbonyl (C=O) groups is 2. The smallest absolute Gasteiger partial charge is 0.253 e. The fraction of sp³-hybridized carbons (Fsp3) is 0.556. The highest BCUT2D eigenvalue weighted by Crippen LogP contribution is 2.37. The van der Waals surface area contributed by atoms with Gasteiger partial charge in [0.1, 0.15) is 0 Å². The summed E-state index contributed by atoms with van der Waals surface area (Å²) in [5.41, 5.74) is 1.80. The molecule has 2 aliphatic heterocycles. The molecule has 4 nitrogen and oxygen atoms in total. The first-order valence-corrected chi connectivity index (χ1v) is 8.27. The molecule has 1 spiro atoms. The second-order valence-corrected chi connectivity index (χ2v) is 6.57. The second kappa shape index (κ2) is 7.45. The van der Waals surface area contributed by atoms with Crippen LogP contribution in [0.3, 0.4) is 0 Å². The molecule has 1 N–H and O–H groups in total. The van der Waals surface area contributed by atoms with Crippen molar-refractivity contribution in [3.63, 3.8) is 0 Å². The highest BCUT2D eigenvalue weighted by molar-refractivity contribution is 5.98. The number of halogens is 1. The summed E-state index contributed by atoms with van der Waals surface area (Å²) >= 11 is 0. The van der Waals surface area contributed by atoms with E-state index < -0.39 is 0 Å². The number of nitrogens with zero attached hydrogens (tertiary/aromatic N) is 1. The Labute approximate surface area is 144 Å². The van der Waals surface area contributed by atoms with Crippen molar-refractivity contribution < 1.29 is 9.59 Å². The van der Waals surface area contributed by atoms with E-state index in [0.29, 0.717) is 23.0 Å². The molecule has 126 valence electrons. The fourth-order valence-corrected chi connectivity index (χ4v) is 3.59. The van der Waals surface area contributed by atoms with Crippen LogP contribution >= 0.6 is 12.4 Å². The third-order valence-electron chi connectivity index (χ3n) is 5.22. The van der Waals surface area contributed by atoms with Gasteiger partial charge in [-0.2, -0.15) is 0 Å². The molecule has 0 bridgehead atoms. The first kappa shape index (κ1) is 18.0. The zero-order valence-electron chi connectivity index (χ0n) is 13.6. The molecule has 2 saturated heterocycles. The molecule has 23 heavy (non-hydrogen) atoms. The van der Waals surface area contributed by atoms with Gasteiger partial charge in [-0.25, -0.2) is 0 Å². The van der Waals surface area contributed by atoms with Gasteiger partial charge < -0.3 is 10.2 Å². The van der Waals surface area contributed by atoms with E-state index in [0.717, 1.165) is 39.0 Å². The summed E-state index contributed by atoms with van der Waals surface area (Å²) in [4.78, 5) is 26.2. The average molecular weight is 337 g/mol. The van der Waals surface area contributed by atoms with E-state index in [2.05, 4.69) is 5.32 Å². The van der Waals surface area contributed by atoms with Gasteiger partial charge >= 0.3 is 0 Å². The monoisotopic (exact) mass is 336 g/mol. The lowest BCUT2D eigenvalue weighted by Gasteiger charge is -2.38. The predicted molar refractivity (Wildman–Crippen MR) is 93.4 cm³/mol. The van der Waals surface area contributed by atoms with Crippen molar-refractivity contribution >= 4 is 24.1 Å². The minimum Gasteiger partial charge on any atom is -0.339 e. The lowest BCUT2D eigenvalue weighted by Crippen LogP contribution is -2.44. The molecule has 2 fully saturated rings. The van der Waals surface area contributed by atoms with E-state index in [1.807, 2.05) is 11.8 Å². The quantitative estimate of drug-likeness (QED) is 0.863. The number of rotatable bonds is 3. The number of carbonyl (C=O) groups excluding carboxylic acids is 2. The molecular weight excluding hydrogens is 312 g/mol. The number of amides is 1. The molecule has 1 aromatic rings. The number of ketones is 1. The summed E-state index contributed by atoms with van der Waals surface area (Å²) in [6, 6.07) is 7.11. The molecule has 3 rings (SSSR count). The third-order valence-corrected chi connectivity index (χ3v) is 5.22. The van der Waals surface area contributed by atoms with Gasteiger partial charge in [-0.3, -0.25) is 9.59 Å². The molecular formula is C18H25ClN2O2. The Hall–Kier alpha value is -1.39. The van der Waals surface area contributed by atoms with E-state index in [1.165, 1.54) is 6.42 Å². The summed E-state index contributed by atoms with van der Waals surface area (Å²) < 4.78 is 0. The van der Waals surface area contributed by atoms with Gasteiger partial charge in [0.15, 0.2) is 5.78 Å². The second-order valence-electron chi connectivity index (χ2n) is 6.57. The van der Waals surface area contributed by atoms with Crippen molar-refractivity contribution in [3.8, 4) is 0 Å². The molecule has 1 amide bonds. The number of hydrogen-bond acceptors (Lipinski definition) is 3. The molecule has 2 heterocycles. The zero-order chi connectivity index (χ0) is 15.6. The summed E-state index contributed by atoms with van der Waals surface area (Å²) in [6.07, 6.45) is 3.93. The molecule has 2 aliphatic rings. The third kappa shape index (κ3) is 3.75. The molecule has 5 heteroatoms.